The Balaban J connectivity index is 0.000000179. The number of aryl methyl sites for hydroxylation is 1. The molecule has 0 aromatic heterocycles. The Hall–Kier alpha value is -8.11. The third-order valence-corrected chi connectivity index (χ3v) is 13.2. The normalized spacial score (nSPS) is 16.3. The maximum absolute atomic E-state index is 12.9. The van der Waals surface area contributed by atoms with Gasteiger partial charge in [0, 0.05) is 78.1 Å². The van der Waals surface area contributed by atoms with Gasteiger partial charge in [-0.3, -0.25) is 14.4 Å². The monoisotopic (exact) mass is 988 g/mol. The van der Waals surface area contributed by atoms with Gasteiger partial charge in [-0.1, -0.05) is 46.4 Å². The summed E-state index contributed by atoms with van der Waals surface area (Å²) in [6, 6.07) is 41.0. The molecule has 0 radical (unpaired) electrons. The summed E-state index contributed by atoms with van der Waals surface area (Å²) < 4.78 is 5.48. The van der Waals surface area contributed by atoms with Gasteiger partial charge in [-0.2, -0.15) is 0 Å². The van der Waals surface area contributed by atoms with Crippen molar-refractivity contribution in [3.63, 3.8) is 0 Å². The molecule has 0 saturated carbocycles. The number of rotatable bonds is 13. The Labute approximate surface area is 430 Å². The number of hydrogen-bond acceptors (Lipinski definition) is 10. The Morgan fingerprint density at radius 1 is 0.507 bits per heavy atom. The summed E-state index contributed by atoms with van der Waals surface area (Å²) in [4.78, 5) is 58.2. The summed E-state index contributed by atoms with van der Waals surface area (Å²) in [6.45, 7) is 17.5. The molecule has 16 heteroatoms. The predicted molar refractivity (Wildman–Crippen MR) is 299 cm³/mol. The zero-order valence-corrected chi connectivity index (χ0v) is 44.7. The number of aliphatic imine (C=N–C) groups is 3. The first kappa shape index (κ1) is 54.2. The summed E-state index contributed by atoms with van der Waals surface area (Å²) in [7, 11) is 11.3. The van der Waals surface area contributed by atoms with Gasteiger partial charge in [0.2, 0.25) is 34.3 Å². The number of hydrogen-bond donors (Lipinski definition) is 1. The van der Waals surface area contributed by atoms with E-state index in [0.717, 1.165) is 82.1 Å². The molecule has 5 aromatic carbocycles. The zero-order valence-electron chi connectivity index (χ0n) is 44.7. The maximum Gasteiger partial charge on any atom is 0.338 e. The molecule has 3 amide bonds. The molecule has 3 aliphatic rings. The van der Waals surface area contributed by atoms with Crippen molar-refractivity contribution >= 4 is 97.5 Å². The predicted octanol–water partition coefficient (Wildman–Crippen LogP) is 7.94. The lowest BCUT2D eigenvalue weighted by atomic mass is 10.1. The quantitative estimate of drug-likeness (QED) is 0.118. The second-order valence-corrected chi connectivity index (χ2v) is 17.8. The van der Waals surface area contributed by atoms with Crippen molar-refractivity contribution in [1.29, 1.82) is 0 Å². The number of benzene rings is 5. The van der Waals surface area contributed by atoms with Crippen molar-refractivity contribution in [3.05, 3.63) is 133 Å². The Bertz CT molecular complexity index is 2990. The van der Waals surface area contributed by atoms with E-state index in [1.807, 2.05) is 192 Å². The topological polar surface area (TPSA) is 137 Å². The van der Waals surface area contributed by atoms with Crippen molar-refractivity contribution in [2.24, 2.45) is 15.0 Å². The number of para-hydroxylation sites is 2. The van der Waals surface area contributed by atoms with Crippen molar-refractivity contribution in [2.45, 2.75) is 48.5 Å². The van der Waals surface area contributed by atoms with Gasteiger partial charge in [0.15, 0.2) is 21.1 Å². The molecule has 0 bridgehead atoms. The molecule has 0 saturated heterocycles. The van der Waals surface area contributed by atoms with E-state index in [-0.39, 0.29) is 24.3 Å². The molecule has 73 heavy (non-hydrogen) atoms. The van der Waals surface area contributed by atoms with Gasteiger partial charge in [0.1, 0.15) is 11.4 Å². The van der Waals surface area contributed by atoms with E-state index in [0.29, 0.717) is 23.7 Å². The highest BCUT2D eigenvalue weighted by Crippen LogP contribution is 2.27. The van der Waals surface area contributed by atoms with Crippen molar-refractivity contribution in [1.82, 2.24) is 5.01 Å². The van der Waals surface area contributed by atoms with Gasteiger partial charge in [-0.25, -0.2) is 15.0 Å². The maximum atomic E-state index is 12.9. The molecular weight excluding hydrogens is 917 g/mol. The molecule has 0 atom stereocenters. The van der Waals surface area contributed by atoms with Crippen LogP contribution in [-0.4, -0.2) is 151 Å². The summed E-state index contributed by atoms with van der Waals surface area (Å²) in [6.07, 6.45) is 0. The van der Waals surface area contributed by atoms with Crippen LogP contribution in [0.1, 0.15) is 47.1 Å². The highest BCUT2D eigenvalue weighted by molar-refractivity contribution is 6.70. The molecule has 0 unspecified atom stereocenters. The second kappa shape index (κ2) is 24.3. The minimum absolute atomic E-state index is 0.0936. The molecule has 380 valence electrons. The number of hydrazone groups is 3. The third kappa shape index (κ3) is 12.2. The largest absolute Gasteiger partial charge is 0.395 e. The van der Waals surface area contributed by atoms with Crippen LogP contribution >= 0.6 is 0 Å². The van der Waals surface area contributed by atoms with E-state index in [1.54, 1.807) is 26.8 Å². The summed E-state index contributed by atoms with van der Waals surface area (Å²) in [5.74, 6) is -0.314. The lowest BCUT2D eigenvalue weighted by Gasteiger charge is -2.22. The van der Waals surface area contributed by atoms with E-state index >= 15 is 0 Å². The Morgan fingerprint density at radius 3 is 1.30 bits per heavy atom. The summed E-state index contributed by atoms with van der Waals surface area (Å²) in [5, 5.41) is 14.0. The molecule has 0 spiro atoms. The van der Waals surface area contributed by atoms with Crippen LogP contribution in [0.4, 0.5) is 45.5 Å². The standard InChI is InChI=1S/C21H25N4O.C19H21N4O.C17H25N4O2/c1-5-24(6-2)18-14-12-17(13-15-18)22-20-16(3)23(4)25(21(20)26)19-10-8-7-9-11-19;1-14-18(20-15-10-12-16(13-11-15)21(2)3)19(24)23(22(14)4)17-8-6-5-7-9-17;1-6-21(9-10-22)14-7-8-15(12(2)11-14)18-16-13(3)19(4)20(5)17(16)23/h7-15H,5-6H2,1-4H3;5-13H,1-4H3;7-8,11,22H,6,9-10H2,1-5H3/q3*+1. The lowest BCUT2D eigenvalue weighted by molar-refractivity contribution is -0.635. The SMILES string of the molecule is CC1=[N+](C)N(c2ccccc2)C(=O)C1=Nc1ccc(N(C)C)cc1.CCN(CC)c1ccc(N=C2C(=O)N(c3ccccc3)[N+](C)=C2C)cc1.CCN(CCO)c1ccc(N=C2C(=O)N(C)[N+](C)=C2C)c(C)c1. The van der Waals surface area contributed by atoms with Gasteiger partial charge >= 0.3 is 17.7 Å². The number of anilines is 5. The smallest absolute Gasteiger partial charge is 0.338 e. The first-order valence-corrected chi connectivity index (χ1v) is 24.6. The summed E-state index contributed by atoms with van der Waals surface area (Å²) in [5.41, 5.74) is 12.3. The van der Waals surface area contributed by atoms with E-state index in [1.165, 1.54) is 5.69 Å². The van der Waals surface area contributed by atoms with E-state index in [4.69, 9.17) is 5.11 Å². The number of carbonyl (C=O) groups excluding carboxylic acids is 3. The fourth-order valence-electron chi connectivity index (χ4n) is 8.40. The van der Waals surface area contributed by atoms with Crippen LogP contribution < -0.4 is 24.7 Å². The lowest BCUT2D eigenvalue weighted by Crippen LogP contribution is -2.34. The average molecular weight is 988 g/mol. The van der Waals surface area contributed by atoms with Gasteiger partial charge in [-0.15, -0.1) is 19.1 Å². The molecular formula is C57H71N12O4+3. The number of aliphatic hydroxyl groups excluding tert-OH is 1. The van der Waals surface area contributed by atoms with Crippen LogP contribution in [-0.2, 0) is 14.4 Å². The molecule has 0 fully saturated rings. The summed E-state index contributed by atoms with van der Waals surface area (Å²) >= 11 is 0. The van der Waals surface area contributed by atoms with Gasteiger partial charge in [0.05, 0.1) is 30.7 Å². The number of likely N-dealkylation sites (N-methyl/N-ethyl adjacent to an activating group) is 1. The second-order valence-electron chi connectivity index (χ2n) is 17.8. The van der Waals surface area contributed by atoms with Gasteiger partial charge in [-0.05, 0) is 124 Å². The van der Waals surface area contributed by atoms with Crippen LogP contribution in [0.2, 0.25) is 0 Å². The van der Waals surface area contributed by atoms with E-state index in [2.05, 4.69) is 57.7 Å². The number of nitrogens with zero attached hydrogens (tertiary/aromatic N) is 12. The minimum Gasteiger partial charge on any atom is -0.395 e. The minimum atomic E-state index is -0.113. The van der Waals surface area contributed by atoms with Crippen LogP contribution in [0.25, 0.3) is 0 Å². The first-order valence-electron chi connectivity index (χ1n) is 24.6. The average Bonchev–Trinajstić information content (AvgIpc) is 3.83. The highest BCUT2D eigenvalue weighted by Gasteiger charge is 2.43. The number of amides is 3. The van der Waals surface area contributed by atoms with Crippen molar-refractivity contribution in [2.75, 3.05) is 99.8 Å². The van der Waals surface area contributed by atoms with Crippen molar-refractivity contribution < 1.29 is 33.5 Å². The molecule has 1 N–H and O–H groups in total. The molecule has 3 heterocycles. The van der Waals surface area contributed by atoms with Crippen LogP contribution in [0, 0.1) is 6.92 Å². The van der Waals surface area contributed by atoms with E-state index < -0.39 is 0 Å². The van der Waals surface area contributed by atoms with E-state index in [9.17, 15) is 14.4 Å². The molecule has 8 rings (SSSR count). The molecule has 3 aliphatic heterocycles. The molecule has 0 aliphatic carbocycles. The fraction of sp³-hybridized carbons (Fsp3) is 0.316. The van der Waals surface area contributed by atoms with Gasteiger partial charge in [0.25, 0.3) is 0 Å². The highest BCUT2D eigenvalue weighted by atomic mass is 16.3. The molecule has 5 aromatic rings. The number of hydrazine groups is 3. The van der Waals surface area contributed by atoms with Crippen LogP contribution in [0.15, 0.2) is 142 Å². The Kier molecular flexibility index (Phi) is 18.1. The van der Waals surface area contributed by atoms with Crippen LogP contribution in [0.5, 0.6) is 0 Å². The fourth-order valence-corrected chi connectivity index (χ4v) is 8.40. The number of carbonyl (C=O) groups is 3. The number of aliphatic hydroxyl groups is 1. The van der Waals surface area contributed by atoms with Gasteiger partial charge < -0.3 is 19.8 Å². The van der Waals surface area contributed by atoms with Crippen molar-refractivity contribution in [3.8, 4) is 0 Å². The zero-order chi connectivity index (χ0) is 53.1. The first-order chi connectivity index (χ1) is 34.9. The Morgan fingerprint density at radius 2 is 0.918 bits per heavy atom. The molecule has 16 nitrogen and oxygen atoms in total. The third-order valence-electron chi connectivity index (χ3n) is 13.2. The van der Waals surface area contributed by atoms with Crippen LogP contribution in [0.3, 0.4) is 0 Å².